The van der Waals surface area contributed by atoms with Crippen molar-refractivity contribution >= 4 is 5.91 Å². The van der Waals surface area contributed by atoms with Gasteiger partial charge in [0.15, 0.2) is 0 Å². The molecule has 2 saturated heterocycles. The van der Waals surface area contributed by atoms with Gasteiger partial charge < -0.3 is 19.9 Å². The topological polar surface area (TPSA) is 48.1 Å². The maximum atomic E-state index is 12.2. The maximum absolute atomic E-state index is 12.2. The number of ether oxygens (including phenoxy) is 1. The second-order valence-corrected chi connectivity index (χ2v) is 7.69. The van der Waals surface area contributed by atoms with Crippen molar-refractivity contribution < 1.29 is 9.53 Å². The van der Waals surface area contributed by atoms with Gasteiger partial charge in [-0.1, -0.05) is 6.42 Å². The van der Waals surface area contributed by atoms with Gasteiger partial charge in [-0.05, 0) is 66.3 Å². The molecular weight excluding hydrogens is 316 g/mol. The summed E-state index contributed by atoms with van der Waals surface area (Å²) >= 11 is 0. The number of amides is 1. The fraction of sp³-hybridized carbons (Fsp3) is 0.947. The molecule has 2 rings (SSSR count). The van der Waals surface area contributed by atoms with E-state index in [0.717, 1.165) is 45.3 Å². The number of nitrogens with zero attached hydrogens (tertiary/aromatic N) is 3. The van der Waals surface area contributed by atoms with Crippen molar-refractivity contribution in [1.82, 2.24) is 20.0 Å². The fourth-order valence-electron chi connectivity index (χ4n) is 3.77. The Morgan fingerprint density at radius 1 is 1.16 bits per heavy atom. The summed E-state index contributed by atoms with van der Waals surface area (Å²) in [6.45, 7) is 9.61. The lowest BCUT2D eigenvalue weighted by Crippen LogP contribution is -2.49. The normalized spacial score (nSPS) is 22.2. The number of carbonyl (C=O) groups excluding carboxylic acids is 1. The van der Waals surface area contributed by atoms with E-state index in [1.54, 1.807) is 0 Å². The number of rotatable bonds is 9. The molecule has 1 N–H and O–H groups in total. The molecule has 1 unspecified atom stereocenters. The first-order chi connectivity index (χ1) is 12.1. The highest BCUT2D eigenvalue weighted by molar-refractivity contribution is 5.81. The zero-order chi connectivity index (χ0) is 18.1. The van der Waals surface area contributed by atoms with E-state index in [0.29, 0.717) is 0 Å². The molecule has 0 aromatic heterocycles. The van der Waals surface area contributed by atoms with Crippen LogP contribution in [0.4, 0.5) is 0 Å². The average molecular weight is 355 g/mol. The zero-order valence-corrected chi connectivity index (χ0v) is 16.5. The molecule has 0 radical (unpaired) electrons. The van der Waals surface area contributed by atoms with Gasteiger partial charge in [0.2, 0.25) is 5.91 Å². The number of morpholine rings is 1. The molecule has 146 valence electrons. The molecule has 0 aliphatic carbocycles. The minimum absolute atomic E-state index is 0.0422. The van der Waals surface area contributed by atoms with Crippen LogP contribution in [-0.2, 0) is 9.53 Å². The van der Waals surface area contributed by atoms with Crippen LogP contribution in [-0.4, -0.2) is 99.3 Å². The first-order valence-corrected chi connectivity index (χ1v) is 10.1. The van der Waals surface area contributed by atoms with Crippen molar-refractivity contribution in [2.45, 2.75) is 51.1 Å². The molecule has 2 fully saturated rings. The lowest BCUT2D eigenvalue weighted by Gasteiger charge is -2.35. The first-order valence-electron chi connectivity index (χ1n) is 10.1. The van der Waals surface area contributed by atoms with E-state index >= 15 is 0 Å². The van der Waals surface area contributed by atoms with Crippen LogP contribution >= 0.6 is 0 Å². The van der Waals surface area contributed by atoms with E-state index in [4.69, 9.17) is 4.74 Å². The van der Waals surface area contributed by atoms with Crippen molar-refractivity contribution in [3.63, 3.8) is 0 Å². The van der Waals surface area contributed by atoms with Crippen LogP contribution in [0.25, 0.3) is 0 Å². The van der Waals surface area contributed by atoms with Gasteiger partial charge in [0.1, 0.15) is 0 Å². The van der Waals surface area contributed by atoms with E-state index in [-0.39, 0.29) is 11.9 Å². The monoisotopic (exact) mass is 354 g/mol. The van der Waals surface area contributed by atoms with Gasteiger partial charge in [0.05, 0.1) is 19.3 Å². The predicted octanol–water partition coefficient (Wildman–Crippen LogP) is 1.02. The molecule has 0 aromatic rings. The number of piperidine rings is 1. The summed E-state index contributed by atoms with van der Waals surface area (Å²) < 4.78 is 5.34. The molecular formula is C19H38N4O2. The lowest BCUT2D eigenvalue weighted by molar-refractivity contribution is -0.127. The number of nitrogens with one attached hydrogen (secondary N) is 1. The second-order valence-electron chi connectivity index (χ2n) is 7.69. The summed E-state index contributed by atoms with van der Waals surface area (Å²) in [5, 5.41) is 3.10. The van der Waals surface area contributed by atoms with E-state index in [9.17, 15) is 4.79 Å². The van der Waals surface area contributed by atoms with Gasteiger partial charge >= 0.3 is 0 Å². The van der Waals surface area contributed by atoms with Crippen LogP contribution in [0.15, 0.2) is 0 Å². The molecule has 0 saturated carbocycles. The summed E-state index contributed by atoms with van der Waals surface area (Å²) in [7, 11) is 4.48. The second kappa shape index (κ2) is 11.1. The minimum Gasteiger partial charge on any atom is -0.379 e. The summed E-state index contributed by atoms with van der Waals surface area (Å²) in [5.74, 6) is 0.158. The quantitative estimate of drug-likeness (QED) is 0.627. The van der Waals surface area contributed by atoms with Crippen LogP contribution in [0, 0.1) is 0 Å². The number of unbranched alkanes of at least 4 members (excludes halogenated alkanes) is 2. The third-order valence-corrected chi connectivity index (χ3v) is 5.77. The number of hydrogen-bond donors (Lipinski definition) is 1. The highest BCUT2D eigenvalue weighted by atomic mass is 16.5. The molecule has 0 aromatic carbocycles. The zero-order valence-electron chi connectivity index (χ0n) is 16.5. The average Bonchev–Trinajstić information content (AvgIpc) is 2.64. The molecule has 0 spiro atoms. The third kappa shape index (κ3) is 7.21. The third-order valence-electron chi connectivity index (χ3n) is 5.77. The van der Waals surface area contributed by atoms with Crippen molar-refractivity contribution in [1.29, 1.82) is 0 Å². The van der Waals surface area contributed by atoms with E-state index < -0.39 is 0 Å². The van der Waals surface area contributed by atoms with E-state index in [1.165, 1.54) is 45.3 Å². The highest BCUT2D eigenvalue weighted by Crippen LogP contribution is 2.14. The van der Waals surface area contributed by atoms with Gasteiger partial charge in [-0.15, -0.1) is 0 Å². The minimum atomic E-state index is -0.0422. The Bertz CT molecular complexity index is 380. The SMILES string of the molecule is CC(C(=O)NCCCCCN(C)C1CCN(C)CC1)N1CCOCC1. The fourth-order valence-corrected chi connectivity index (χ4v) is 3.77. The first kappa shape index (κ1) is 20.6. The molecule has 1 amide bonds. The van der Waals surface area contributed by atoms with Gasteiger partial charge in [-0.2, -0.15) is 0 Å². The van der Waals surface area contributed by atoms with E-state index in [2.05, 4.69) is 34.1 Å². The Hall–Kier alpha value is -0.690. The number of likely N-dealkylation sites (tertiary alicyclic amines) is 1. The maximum Gasteiger partial charge on any atom is 0.237 e. The molecule has 0 bridgehead atoms. The number of carbonyl (C=O) groups is 1. The Balaban J connectivity index is 1.49. The molecule has 25 heavy (non-hydrogen) atoms. The lowest BCUT2D eigenvalue weighted by atomic mass is 10.0. The Kier molecular flexibility index (Phi) is 9.17. The van der Waals surface area contributed by atoms with E-state index in [1.807, 2.05) is 6.92 Å². The standard InChI is InChI=1S/C19H38N4O2/c1-17(23-13-15-25-16-14-23)19(24)20-9-5-4-6-10-22(3)18-7-11-21(2)12-8-18/h17-18H,4-16H2,1-3H3,(H,20,24). The van der Waals surface area contributed by atoms with Crippen molar-refractivity contribution in [2.75, 3.05) is 66.6 Å². The summed E-state index contributed by atoms with van der Waals surface area (Å²) in [6.07, 6.45) is 6.06. The Morgan fingerprint density at radius 3 is 2.52 bits per heavy atom. The van der Waals surface area contributed by atoms with Crippen LogP contribution in [0.2, 0.25) is 0 Å². The number of hydrogen-bond acceptors (Lipinski definition) is 5. The summed E-state index contributed by atoms with van der Waals surface area (Å²) in [6, 6.07) is 0.713. The molecule has 1 atom stereocenters. The summed E-state index contributed by atoms with van der Waals surface area (Å²) in [5.41, 5.74) is 0. The molecule has 2 aliphatic rings. The molecule has 2 heterocycles. The van der Waals surface area contributed by atoms with Gasteiger partial charge in [-0.3, -0.25) is 9.69 Å². The van der Waals surface area contributed by atoms with Crippen molar-refractivity contribution in [2.24, 2.45) is 0 Å². The van der Waals surface area contributed by atoms with Gasteiger partial charge in [0, 0.05) is 25.7 Å². The molecule has 2 aliphatic heterocycles. The predicted molar refractivity (Wildman–Crippen MR) is 102 cm³/mol. The van der Waals surface area contributed by atoms with Crippen LogP contribution < -0.4 is 5.32 Å². The van der Waals surface area contributed by atoms with Crippen LogP contribution in [0.5, 0.6) is 0 Å². The molecule has 6 heteroatoms. The van der Waals surface area contributed by atoms with Crippen molar-refractivity contribution in [3.05, 3.63) is 0 Å². The smallest absolute Gasteiger partial charge is 0.237 e. The van der Waals surface area contributed by atoms with Crippen LogP contribution in [0.1, 0.15) is 39.0 Å². The largest absolute Gasteiger partial charge is 0.379 e. The Morgan fingerprint density at radius 2 is 1.84 bits per heavy atom. The highest BCUT2D eigenvalue weighted by Gasteiger charge is 2.22. The summed E-state index contributed by atoms with van der Waals surface area (Å²) in [4.78, 5) is 19.4. The molecule has 6 nitrogen and oxygen atoms in total. The van der Waals surface area contributed by atoms with Crippen LogP contribution in [0.3, 0.4) is 0 Å². The van der Waals surface area contributed by atoms with Gasteiger partial charge in [-0.25, -0.2) is 0 Å². The Labute approximate surface area is 153 Å². The van der Waals surface area contributed by atoms with Gasteiger partial charge in [0.25, 0.3) is 0 Å². The van der Waals surface area contributed by atoms with Crippen molar-refractivity contribution in [3.8, 4) is 0 Å².